The van der Waals surface area contributed by atoms with Crippen LogP contribution in [0.4, 0.5) is 0 Å². The van der Waals surface area contributed by atoms with Gasteiger partial charge in [0.15, 0.2) is 0 Å². The minimum Gasteiger partial charge on any atom is -0.326 e. The highest BCUT2D eigenvalue weighted by molar-refractivity contribution is 7.89. The average molecular weight is 256 g/mol. The summed E-state index contributed by atoms with van der Waals surface area (Å²) >= 11 is 0. The van der Waals surface area contributed by atoms with E-state index in [1.807, 2.05) is 20.8 Å². The summed E-state index contributed by atoms with van der Waals surface area (Å²) in [6.07, 6.45) is 0.719. The lowest BCUT2D eigenvalue weighted by Gasteiger charge is -2.24. The Morgan fingerprint density at radius 2 is 1.88 bits per heavy atom. The fraction of sp³-hybridized carbons (Fsp3) is 0.500. The Hall–Kier alpha value is -0.910. The molecule has 4 nitrogen and oxygen atoms in total. The van der Waals surface area contributed by atoms with Crippen molar-refractivity contribution >= 4 is 10.0 Å². The number of hydrogen-bond acceptors (Lipinski definition) is 3. The molecule has 3 N–H and O–H groups in total. The van der Waals surface area contributed by atoms with E-state index in [2.05, 4.69) is 4.72 Å². The number of nitrogens with one attached hydrogen (secondary N) is 1. The minimum atomic E-state index is -3.50. The monoisotopic (exact) mass is 256 g/mol. The summed E-state index contributed by atoms with van der Waals surface area (Å²) in [5, 5.41) is 0. The van der Waals surface area contributed by atoms with Crippen molar-refractivity contribution in [3.8, 4) is 0 Å². The SMILES string of the molecule is CCC(C)(C)NS(=O)(=O)c1ccccc1CN. The van der Waals surface area contributed by atoms with E-state index in [9.17, 15) is 8.42 Å². The third kappa shape index (κ3) is 3.52. The molecule has 0 spiro atoms. The molecule has 0 unspecified atom stereocenters. The molecule has 0 bridgehead atoms. The van der Waals surface area contributed by atoms with Crippen molar-refractivity contribution in [2.75, 3.05) is 0 Å². The molecule has 0 aromatic heterocycles. The molecule has 0 amide bonds. The molecule has 0 aliphatic carbocycles. The third-order valence-electron chi connectivity index (χ3n) is 2.78. The second kappa shape index (κ2) is 5.16. The smallest absolute Gasteiger partial charge is 0.241 e. The van der Waals surface area contributed by atoms with Crippen LogP contribution in [0.3, 0.4) is 0 Å². The first-order chi connectivity index (χ1) is 7.82. The molecule has 0 saturated carbocycles. The van der Waals surface area contributed by atoms with Crippen LogP contribution in [0, 0.1) is 0 Å². The van der Waals surface area contributed by atoms with Gasteiger partial charge in [-0.1, -0.05) is 25.1 Å². The molecule has 17 heavy (non-hydrogen) atoms. The van der Waals surface area contributed by atoms with Crippen molar-refractivity contribution in [2.45, 2.75) is 44.2 Å². The fourth-order valence-electron chi connectivity index (χ4n) is 1.43. The van der Waals surface area contributed by atoms with Gasteiger partial charge in [0.1, 0.15) is 0 Å². The Labute approximate surface area is 103 Å². The molecule has 1 rings (SSSR count). The zero-order valence-electron chi connectivity index (χ0n) is 10.5. The third-order valence-corrected chi connectivity index (χ3v) is 4.58. The minimum absolute atomic E-state index is 0.212. The molecule has 0 heterocycles. The Balaban J connectivity index is 3.14. The second-order valence-corrected chi connectivity index (χ2v) is 6.31. The summed E-state index contributed by atoms with van der Waals surface area (Å²) in [5.41, 5.74) is 5.72. The molecule has 0 aliphatic heterocycles. The molecule has 0 atom stereocenters. The van der Waals surface area contributed by atoms with Crippen molar-refractivity contribution in [3.05, 3.63) is 29.8 Å². The van der Waals surface area contributed by atoms with E-state index in [1.54, 1.807) is 24.3 Å². The van der Waals surface area contributed by atoms with Gasteiger partial charge in [0.05, 0.1) is 4.90 Å². The summed E-state index contributed by atoms with van der Waals surface area (Å²) in [6, 6.07) is 6.79. The molecule has 96 valence electrons. The van der Waals surface area contributed by atoms with E-state index in [4.69, 9.17) is 5.73 Å². The number of sulfonamides is 1. The Kier molecular flexibility index (Phi) is 4.30. The molecule has 5 heteroatoms. The fourth-order valence-corrected chi connectivity index (χ4v) is 3.16. The maximum atomic E-state index is 12.2. The van der Waals surface area contributed by atoms with Gasteiger partial charge < -0.3 is 5.73 Å². The van der Waals surface area contributed by atoms with Crippen molar-refractivity contribution in [1.82, 2.24) is 4.72 Å². The van der Waals surface area contributed by atoms with Gasteiger partial charge >= 0.3 is 0 Å². The quantitative estimate of drug-likeness (QED) is 0.840. The maximum Gasteiger partial charge on any atom is 0.241 e. The van der Waals surface area contributed by atoms with Gasteiger partial charge in [0.2, 0.25) is 10.0 Å². The highest BCUT2D eigenvalue weighted by Crippen LogP contribution is 2.18. The Bertz CT molecular complexity index is 481. The lowest BCUT2D eigenvalue weighted by atomic mass is 10.0. The van der Waals surface area contributed by atoms with Crippen LogP contribution in [0.25, 0.3) is 0 Å². The van der Waals surface area contributed by atoms with Crippen LogP contribution >= 0.6 is 0 Å². The van der Waals surface area contributed by atoms with Crippen LogP contribution in [-0.2, 0) is 16.6 Å². The van der Waals surface area contributed by atoms with Crippen LogP contribution in [0.1, 0.15) is 32.8 Å². The highest BCUT2D eigenvalue weighted by Gasteiger charge is 2.25. The van der Waals surface area contributed by atoms with Gasteiger partial charge in [-0.3, -0.25) is 0 Å². The van der Waals surface area contributed by atoms with Gasteiger partial charge in [0, 0.05) is 12.1 Å². The summed E-state index contributed by atoms with van der Waals surface area (Å²) in [4.78, 5) is 0.268. The van der Waals surface area contributed by atoms with Crippen LogP contribution in [0.15, 0.2) is 29.2 Å². The molecule has 1 aromatic rings. The van der Waals surface area contributed by atoms with Crippen molar-refractivity contribution < 1.29 is 8.42 Å². The predicted molar refractivity (Wildman–Crippen MR) is 69.0 cm³/mol. The van der Waals surface area contributed by atoms with Gasteiger partial charge in [-0.25, -0.2) is 13.1 Å². The van der Waals surface area contributed by atoms with Gasteiger partial charge in [0.25, 0.3) is 0 Å². The topological polar surface area (TPSA) is 72.2 Å². The van der Waals surface area contributed by atoms with E-state index >= 15 is 0 Å². The molecular formula is C12H20N2O2S. The Morgan fingerprint density at radius 1 is 1.29 bits per heavy atom. The Morgan fingerprint density at radius 3 is 2.41 bits per heavy atom. The lowest BCUT2D eigenvalue weighted by Crippen LogP contribution is -2.43. The van der Waals surface area contributed by atoms with Crippen molar-refractivity contribution in [2.24, 2.45) is 5.73 Å². The number of nitrogens with two attached hydrogens (primary N) is 1. The van der Waals surface area contributed by atoms with Crippen molar-refractivity contribution in [1.29, 1.82) is 0 Å². The predicted octanol–water partition coefficient (Wildman–Crippen LogP) is 1.61. The van der Waals surface area contributed by atoms with Crippen LogP contribution in [-0.4, -0.2) is 14.0 Å². The summed E-state index contributed by atoms with van der Waals surface area (Å²) in [7, 11) is -3.50. The number of hydrogen-bond donors (Lipinski definition) is 2. The summed E-state index contributed by atoms with van der Waals surface area (Å²) < 4.78 is 27.1. The first-order valence-corrected chi connectivity index (χ1v) is 7.12. The molecule has 1 aromatic carbocycles. The first-order valence-electron chi connectivity index (χ1n) is 5.64. The molecule has 0 saturated heterocycles. The normalized spacial score (nSPS) is 12.7. The molecular weight excluding hydrogens is 236 g/mol. The largest absolute Gasteiger partial charge is 0.326 e. The van der Waals surface area contributed by atoms with Gasteiger partial charge in [-0.2, -0.15) is 0 Å². The van der Waals surface area contributed by atoms with Crippen LogP contribution < -0.4 is 10.5 Å². The second-order valence-electron chi connectivity index (χ2n) is 4.65. The zero-order valence-corrected chi connectivity index (χ0v) is 11.3. The van der Waals surface area contributed by atoms with E-state index in [0.29, 0.717) is 5.56 Å². The maximum absolute atomic E-state index is 12.2. The number of rotatable bonds is 5. The molecule has 0 aliphatic rings. The first kappa shape index (κ1) is 14.2. The zero-order chi connectivity index (χ0) is 13.1. The van der Waals surface area contributed by atoms with E-state index in [0.717, 1.165) is 6.42 Å². The lowest BCUT2D eigenvalue weighted by molar-refractivity contribution is 0.439. The van der Waals surface area contributed by atoms with Gasteiger partial charge in [-0.15, -0.1) is 0 Å². The van der Waals surface area contributed by atoms with E-state index in [-0.39, 0.29) is 11.4 Å². The molecule has 0 fully saturated rings. The van der Waals surface area contributed by atoms with Gasteiger partial charge in [-0.05, 0) is 31.9 Å². The summed E-state index contributed by atoms with van der Waals surface area (Å²) in [6.45, 7) is 5.87. The highest BCUT2D eigenvalue weighted by atomic mass is 32.2. The van der Waals surface area contributed by atoms with Crippen LogP contribution in [0.5, 0.6) is 0 Å². The van der Waals surface area contributed by atoms with E-state index < -0.39 is 15.6 Å². The molecule has 0 radical (unpaired) electrons. The van der Waals surface area contributed by atoms with Crippen molar-refractivity contribution in [3.63, 3.8) is 0 Å². The summed E-state index contributed by atoms with van der Waals surface area (Å²) in [5.74, 6) is 0. The number of benzene rings is 1. The van der Waals surface area contributed by atoms with E-state index in [1.165, 1.54) is 0 Å². The standard InChI is InChI=1S/C12H20N2O2S/c1-4-12(2,3)14-17(15,16)11-8-6-5-7-10(11)9-13/h5-8,14H,4,9,13H2,1-3H3. The average Bonchev–Trinajstić information content (AvgIpc) is 2.28. The van der Waals surface area contributed by atoms with Crippen LogP contribution in [0.2, 0.25) is 0 Å².